The first-order valence-electron chi connectivity index (χ1n) is 11.8. The highest BCUT2D eigenvalue weighted by Crippen LogP contribution is 2.21. The Morgan fingerprint density at radius 3 is 2.51 bits per heavy atom. The van der Waals surface area contributed by atoms with Crippen molar-refractivity contribution in [2.45, 2.75) is 62.9 Å². The van der Waals surface area contributed by atoms with E-state index >= 15 is 0 Å². The number of fused-ring (bicyclic) bond motifs is 1. The minimum Gasteiger partial charge on any atom is -0.481 e. The fourth-order valence-corrected chi connectivity index (χ4v) is 4.42. The molecule has 1 aliphatic heterocycles. The average Bonchev–Trinajstić information content (AvgIpc) is 3.48. The van der Waals surface area contributed by atoms with E-state index in [1.807, 2.05) is 24.3 Å². The second-order valence-electron chi connectivity index (χ2n) is 9.08. The monoisotopic (exact) mass is 517 g/mol. The van der Waals surface area contributed by atoms with Gasteiger partial charge in [-0.2, -0.15) is 0 Å². The quantitative estimate of drug-likeness (QED) is 0.193. The molecule has 1 saturated heterocycles. The Morgan fingerprint density at radius 1 is 1.16 bits per heavy atom. The van der Waals surface area contributed by atoms with Gasteiger partial charge >= 0.3 is 11.9 Å². The van der Waals surface area contributed by atoms with E-state index < -0.39 is 66.4 Å². The Morgan fingerprint density at radius 2 is 1.86 bits per heavy atom. The molecule has 200 valence electrons. The van der Waals surface area contributed by atoms with Gasteiger partial charge in [0.25, 0.3) is 0 Å². The van der Waals surface area contributed by atoms with Crippen LogP contribution < -0.4 is 16.4 Å². The second kappa shape index (κ2) is 11.8. The van der Waals surface area contributed by atoms with Gasteiger partial charge in [-0.05, 0) is 37.8 Å². The van der Waals surface area contributed by atoms with Crippen molar-refractivity contribution in [1.29, 1.82) is 0 Å². The molecule has 37 heavy (non-hydrogen) atoms. The van der Waals surface area contributed by atoms with Crippen LogP contribution in [0.25, 0.3) is 10.9 Å². The van der Waals surface area contributed by atoms with Gasteiger partial charge in [-0.15, -0.1) is 0 Å². The number of carboxylic acid groups (broad SMARTS) is 2. The number of carboxylic acids is 2. The molecule has 1 aromatic carbocycles. The smallest absolute Gasteiger partial charge is 0.328 e. The van der Waals surface area contributed by atoms with Crippen LogP contribution in [-0.2, 0) is 30.4 Å². The summed E-state index contributed by atoms with van der Waals surface area (Å²) in [6.07, 6.45) is 0.351. The maximum absolute atomic E-state index is 13.3. The van der Waals surface area contributed by atoms with Crippen molar-refractivity contribution in [1.82, 2.24) is 20.5 Å². The standard InChI is InChI=1S/C24H31N5O8/c1-12(30)20(24(36)37)28-22(34)18-7-4-8-29(18)23(35)17(10-19(31)32)27-21(33)15(25)9-13-11-26-16-6-3-2-5-14(13)16/h2-3,5-6,11-12,15,17-18,20,26,30H,4,7-10,25H2,1H3,(H,27,33)(H,28,34)(H,31,32)(H,36,37). The second-order valence-corrected chi connectivity index (χ2v) is 9.08. The van der Waals surface area contributed by atoms with E-state index in [-0.39, 0.29) is 19.4 Å². The molecule has 2 heterocycles. The third-order valence-electron chi connectivity index (χ3n) is 6.33. The zero-order chi connectivity index (χ0) is 27.3. The SMILES string of the molecule is CC(O)C(NC(=O)C1CCCN1C(=O)C(CC(=O)O)NC(=O)C(N)Cc1c[nH]c2ccccc12)C(=O)O. The van der Waals surface area contributed by atoms with Crippen LogP contribution in [0.2, 0.25) is 0 Å². The number of carbonyl (C=O) groups excluding carboxylic acids is 3. The largest absolute Gasteiger partial charge is 0.481 e. The van der Waals surface area contributed by atoms with E-state index in [4.69, 9.17) is 5.73 Å². The number of aliphatic hydroxyl groups is 1. The van der Waals surface area contributed by atoms with E-state index in [9.17, 15) is 39.3 Å². The number of nitrogens with two attached hydrogens (primary N) is 1. The number of nitrogens with zero attached hydrogens (tertiary/aromatic N) is 1. The van der Waals surface area contributed by atoms with Gasteiger partial charge in [0.05, 0.1) is 18.6 Å². The predicted molar refractivity (Wildman–Crippen MR) is 130 cm³/mol. The molecule has 1 aliphatic rings. The third-order valence-corrected chi connectivity index (χ3v) is 6.33. The zero-order valence-electron chi connectivity index (χ0n) is 20.2. The molecular formula is C24H31N5O8. The van der Waals surface area contributed by atoms with Crippen molar-refractivity contribution in [3.63, 3.8) is 0 Å². The van der Waals surface area contributed by atoms with Crippen LogP contribution in [0.5, 0.6) is 0 Å². The summed E-state index contributed by atoms with van der Waals surface area (Å²) < 4.78 is 0. The van der Waals surface area contributed by atoms with E-state index in [1.165, 1.54) is 6.92 Å². The molecule has 1 aromatic heterocycles. The van der Waals surface area contributed by atoms with Crippen LogP contribution in [0.15, 0.2) is 30.5 Å². The van der Waals surface area contributed by atoms with Gasteiger partial charge in [0.15, 0.2) is 6.04 Å². The summed E-state index contributed by atoms with van der Waals surface area (Å²) in [5.41, 5.74) is 7.72. The average molecular weight is 518 g/mol. The molecule has 2 aromatic rings. The molecule has 13 nitrogen and oxygen atoms in total. The number of hydrogen-bond acceptors (Lipinski definition) is 7. The Balaban J connectivity index is 1.71. The van der Waals surface area contributed by atoms with Gasteiger partial charge in [0.1, 0.15) is 12.1 Å². The van der Waals surface area contributed by atoms with Gasteiger partial charge in [-0.1, -0.05) is 18.2 Å². The summed E-state index contributed by atoms with van der Waals surface area (Å²) in [5, 5.41) is 33.7. The maximum atomic E-state index is 13.3. The highest BCUT2D eigenvalue weighted by Gasteiger charge is 2.40. The zero-order valence-corrected chi connectivity index (χ0v) is 20.2. The molecule has 0 bridgehead atoms. The van der Waals surface area contributed by atoms with E-state index in [0.717, 1.165) is 21.4 Å². The number of carbonyl (C=O) groups is 5. The normalized spacial score (nSPS) is 18.6. The van der Waals surface area contributed by atoms with Gasteiger partial charge in [-0.25, -0.2) is 4.79 Å². The lowest BCUT2D eigenvalue weighted by atomic mass is 10.0. The number of aliphatic hydroxyl groups excluding tert-OH is 1. The first-order chi connectivity index (χ1) is 17.5. The fraction of sp³-hybridized carbons (Fsp3) is 0.458. The molecule has 0 saturated carbocycles. The Bertz CT molecular complexity index is 1180. The first-order valence-corrected chi connectivity index (χ1v) is 11.8. The number of para-hydroxylation sites is 1. The Hall–Kier alpha value is -3.97. The lowest BCUT2D eigenvalue weighted by molar-refractivity contribution is -0.148. The number of benzene rings is 1. The number of aromatic nitrogens is 1. The van der Waals surface area contributed by atoms with Crippen LogP contribution in [0.4, 0.5) is 0 Å². The van der Waals surface area contributed by atoms with Gasteiger partial charge in [-0.3, -0.25) is 19.2 Å². The molecular weight excluding hydrogens is 486 g/mol. The third kappa shape index (κ3) is 6.62. The van der Waals surface area contributed by atoms with Crippen molar-refractivity contribution in [3.05, 3.63) is 36.0 Å². The molecule has 5 unspecified atom stereocenters. The van der Waals surface area contributed by atoms with Gasteiger partial charge in [0.2, 0.25) is 17.7 Å². The molecule has 3 amide bonds. The Kier molecular flexibility index (Phi) is 8.84. The van der Waals surface area contributed by atoms with Gasteiger partial charge < -0.3 is 41.6 Å². The fourth-order valence-electron chi connectivity index (χ4n) is 4.42. The number of aliphatic carboxylic acids is 2. The molecule has 0 spiro atoms. The maximum Gasteiger partial charge on any atom is 0.328 e. The van der Waals surface area contributed by atoms with Crippen molar-refractivity contribution in [2.24, 2.45) is 5.73 Å². The molecule has 0 radical (unpaired) electrons. The number of amides is 3. The van der Waals surface area contributed by atoms with Crippen LogP contribution in [0.3, 0.4) is 0 Å². The molecule has 5 atom stereocenters. The lowest BCUT2D eigenvalue weighted by Crippen LogP contribution is -2.58. The van der Waals surface area contributed by atoms with Crippen molar-refractivity contribution in [3.8, 4) is 0 Å². The van der Waals surface area contributed by atoms with E-state index in [0.29, 0.717) is 6.42 Å². The number of likely N-dealkylation sites (tertiary alicyclic amines) is 1. The van der Waals surface area contributed by atoms with Crippen LogP contribution in [0.1, 0.15) is 31.7 Å². The summed E-state index contributed by atoms with van der Waals surface area (Å²) in [5.74, 6) is -5.11. The molecule has 0 aliphatic carbocycles. The molecule has 13 heteroatoms. The van der Waals surface area contributed by atoms with Crippen LogP contribution in [-0.4, -0.2) is 91.7 Å². The van der Waals surface area contributed by atoms with Crippen molar-refractivity contribution >= 4 is 40.6 Å². The summed E-state index contributed by atoms with van der Waals surface area (Å²) in [6, 6.07) is 2.21. The van der Waals surface area contributed by atoms with Crippen molar-refractivity contribution < 1.29 is 39.3 Å². The van der Waals surface area contributed by atoms with Crippen LogP contribution >= 0.6 is 0 Å². The lowest BCUT2D eigenvalue weighted by Gasteiger charge is -2.29. The van der Waals surface area contributed by atoms with E-state index in [1.54, 1.807) is 6.20 Å². The van der Waals surface area contributed by atoms with Crippen molar-refractivity contribution in [2.75, 3.05) is 6.54 Å². The molecule has 3 rings (SSSR count). The summed E-state index contributed by atoms with van der Waals surface area (Å²) in [6.45, 7) is 1.31. The first kappa shape index (κ1) is 27.6. The predicted octanol–water partition coefficient (Wildman–Crippen LogP) is -1.06. The van der Waals surface area contributed by atoms with Gasteiger partial charge in [0, 0.05) is 23.6 Å². The minimum atomic E-state index is -1.58. The van der Waals surface area contributed by atoms with Crippen LogP contribution in [0, 0.1) is 0 Å². The Labute approximate surface area is 212 Å². The molecule has 1 fully saturated rings. The number of rotatable bonds is 11. The number of hydrogen-bond donors (Lipinski definition) is 7. The number of H-pyrrole nitrogens is 1. The number of nitrogens with one attached hydrogen (secondary N) is 3. The summed E-state index contributed by atoms with van der Waals surface area (Å²) in [4.78, 5) is 65.8. The summed E-state index contributed by atoms with van der Waals surface area (Å²) in [7, 11) is 0. The highest BCUT2D eigenvalue weighted by molar-refractivity contribution is 5.96. The topological polar surface area (TPSA) is 215 Å². The number of aromatic amines is 1. The minimum absolute atomic E-state index is 0.108. The highest BCUT2D eigenvalue weighted by atomic mass is 16.4. The van der Waals surface area contributed by atoms with E-state index in [2.05, 4.69) is 15.6 Å². The molecule has 8 N–H and O–H groups in total. The summed E-state index contributed by atoms with van der Waals surface area (Å²) >= 11 is 0.